The highest BCUT2D eigenvalue weighted by Gasteiger charge is 2.06. The van der Waals surface area contributed by atoms with Gasteiger partial charge in [0, 0.05) is 11.6 Å². The molecule has 1 aromatic heterocycles. The number of fused-ring (bicyclic) bond motifs is 1. The van der Waals surface area contributed by atoms with Crippen molar-refractivity contribution in [3.8, 4) is 11.5 Å². The number of carbonyl (C=O) groups is 1. The molecule has 25 heavy (non-hydrogen) atoms. The molecule has 0 fully saturated rings. The maximum Gasteiger partial charge on any atom is 0.258 e. The summed E-state index contributed by atoms with van der Waals surface area (Å²) in [6.07, 6.45) is 1.71. The van der Waals surface area contributed by atoms with Crippen LogP contribution in [0.1, 0.15) is 5.56 Å². The Bertz CT molecular complexity index is 859. The van der Waals surface area contributed by atoms with Gasteiger partial charge >= 0.3 is 0 Å². The first-order valence-corrected chi connectivity index (χ1v) is 8.15. The van der Waals surface area contributed by atoms with Gasteiger partial charge in [-0.15, -0.1) is 0 Å². The minimum atomic E-state index is -0.194. The van der Waals surface area contributed by atoms with Crippen molar-refractivity contribution in [3.05, 3.63) is 66.4 Å². The number of hydrogen-bond acceptors (Lipinski definition) is 4. The van der Waals surface area contributed by atoms with E-state index in [-0.39, 0.29) is 12.5 Å². The van der Waals surface area contributed by atoms with Crippen molar-refractivity contribution in [2.45, 2.75) is 6.92 Å². The molecule has 2 aromatic carbocycles. The number of pyridine rings is 1. The number of nitrogens with zero attached hydrogens (tertiary/aromatic N) is 1. The molecular formula is C20H20N2O3. The molecule has 128 valence electrons. The van der Waals surface area contributed by atoms with Gasteiger partial charge in [-0.3, -0.25) is 9.78 Å². The van der Waals surface area contributed by atoms with E-state index in [1.165, 1.54) is 0 Å². The summed E-state index contributed by atoms with van der Waals surface area (Å²) in [4.78, 5) is 16.2. The fourth-order valence-electron chi connectivity index (χ4n) is 2.45. The maximum absolute atomic E-state index is 11.9. The Hall–Kier alpha value is -3.08. The van der Waals surface area contributed by atoms with E-state index in [2.05, 4.69) is 10.3 Å². The van der Waals surface area contributed by atoms with Gasteiger partial charge in [0.25, 0.3) is 5.91 Å². The van der Waals surface area contributed by atoms with E-state index in [4.69, 9.17) is 9.47 Å². The lowest BCUT2D eigenvalue weighted by Crippen LogP contribution is -2.32. The van der Waals surface area contributed by atoms with Gasteiger partial charge in [-0.05, 0) is 36.8 Å². The van der Waals surface area contributed by atoms with Crippen LogP contribution < -0.4 is 14.8 Å². The van der Waals surface area contributed by atoms with Crippen LogP contribution in [0.2, 0.25) is 0 Å². The number of aryl methyl sites for hydroxylation is 1. The largest absolute Gasteiger partial charge is 0.492 e. The van der Waals surface area contributed by atoms with Gasteiger partial charge in [-0.25, -0.2) is 0 Å². The van der Waals surface area contributed by atoms with Gasteiger partial charge < -0.3 is 14.8 Å². The number of para-hydroxylation sites is 1. The topological polar surface area (TPSA) is 60.5 Å². The number of carbonyl (C=O) groups excluding carboxylic acids is 1. The number of rotatable bonds is 7. The van der Waals surface area contributed by atoms with Crippen LogP contribution in [0.5, 0.6) is 11.5 Å². The van der Waals surface area contributed by atoms with E-state index in [9.17, 15) is 4.79 Å². The molecule has 0 atom stereocenters. The number of ether oxygens (including phenoxy) is 2. The van der Waals surface area contributed by atoms with Gasteiger partial charge in [0.15, 0.2) is 6.61 Å². The number of aromatic nitrogens is 1. The minimum absolute atomic E-state index is 0.0554. The molecule has 5 nitrogen and oxygen atoms in total. The molecule has 1 amide bonds. The summed E-state index contributed by atoms with van der Waals surface area (Å²) < 4.78 is 11.2. The maximum atomic E-state index is 11.9. The first-order chi connectivity index (χ1) is 12.2. The van der Waals surface area contributed by atoms with Crippen molar-refractivity contribution in [1.82, 2.24) is 10.3 Å². The van der Waals surface area contributed by atoms with E-state index in [1.54, 1.807) is 6.20 Å². The molecule has 0 aliphatic heterocycles. The first kappa shape index (κ1) is 16.8. The highest BCUT2D eigenvalue weighted by Crippen LogP contribution is 2.22. The number of nitrogens with one attached hydrogen (secondary N) is 1. The molecule has 0 saturated carbocycles. The molecule has 0 unspecified atom stereocenters. The second-order valence-electron chi connectivity index (χ2n) is 5.63. The average molecular weight is 336 g/mol. The summed E-state index contributed by atoms with van der Waals surface area (Å²) in [5.41, 5.74) is 1.89. The highest BCUT2D eigenvalue weighted by molar-refractivity contribution is 5.85. The van der Waals surface area contributed by atoms with Crippen LogP contribution >= 0.6 is 0 Å². The molecule has 0 radical (unpaired) electrons. The van der Waals surface area contributed by atoms with Crippen molar-refractivity contribution in [3.63, 3.8) is 0 Å². The van der Waals surface area contributed by atoms with Crippen molar-refractivity contribution in [2.24, 2.45) is 0 Å². The first-order valence-electron chi connectivity index (χ1n) is 8.15. The van der Waals surface area contributed by atoms with Gasteiger partial charge in [0.1, 0.15) is 23.6 Å². The van der Waals surface area contributed by atoms with Crippen LogP contribution in [0.25, 0.3) is 10.9 Å². The van der Waals surface area contributed by atoms with Crippen molar-refractivity contribution in [2.75, 3.05) is 19.8 Å². The van der Waals surface area contributed by atoms with Gasteiger partial charge in [0.05, 0.1) is 6.54 Å². The zero-order chi connectivity index (χ0) is 17.5. The molecule has 0 spiro atoms. The van der Waals surface area contributed by atoms with Crippen LogP contribution in [-0.2, 0) is 4.79 Å². The Labute approximate surface area is 146 Å². The van der Waals surface area contributed by atoms with E-state index in [0.29, 0.717) is 18.9 Å². The Balaban J connectivity index is 1.43. The molecule has 0 aliphatic carbocycles. The standard InChI is InChI=1S/C20H20N2O3/c1-15-5-2-8-17(13-15)24-12-11-21-19(23)14-25-18-9-3-6-16-7-4-10-22-20(16)18/h2-10,13H,11-12,14H2,1H3,(H,21,23). The van der Waals surface area contributed by atoms with Crippen molar-refractivity contribution < 1.29 is 14.3 Å². The van der Waals surface area contributed by atoms with Gasteiger partial charge in [-0.2, -0.15) is 0 Å². The predicted octanol–water partition coefficient (Wildman–Crippen LogP) is 3.12. The number of hydrogen-bond donors (Lipinski definition) is 1. The highest BCUT2D eigenvalue weighted by atomic mass is 16.5. The summed E-state index contributed by atoms with van der Waals surface area (Å²) in [6, 6.07) is 17.3. The Morgan fingerprint density at radius 2 is 1.92 bits per heavy atom. The summed E-state index contributed by atoms with van der Waals surface area (Å²) in [5.74, 6) is 1.21. The zero-order valence-corrected chi connectivity index (χ0v) is 14.1. The second-order valence-corrected chi connectivity index (χ2v) is 5.63. The third-order valence-corrected chi connectivity index (χ3v) is 3.64. The van der Waals surface area contributed by atoms with Crippen molar-refractivity contribution >= 4 is 16.8 Å². The lowest BCUT2D eigenvalue weighted by atomic mass is 10.2. The van der Waals surface area contributed by atoms with Gasteiger partial charge in [0.2, 0.25) is 0 Å². The van der Waals surface area contributed by atoms with Crippen LogP contribution in [-0.4, -0.2) is 30.6 Å². The Morgan fingerprint density at radius 1 is 1.08 bits per heavy atom. The monoisotopic (exact) mass is 336 g/mol. The lowest BCUT2D eigenvalue weighted by Gasteiger charge is -2.10. The van der Waals surface area contributed by atoms with Crippen LogP contribution in [0.3, 0.4) is 0 Å². The van der Waals surface area contributed by atoms with E-state index < -0.39 is 0 Å². The molecule has 0 saturated heterocycles. The van der Waals surface area contributed by atoms with Crippen LogP contribution in [0.4, 0.5) is 0 Å². The molecular weight excluding hydrogens is 316 g/mol. The van der Waals surface area contributed by atoms with Gasteiger partial charge in [-0.1, -0.05) is 30.3 Å². The Kier molecular flexibility index (Phi) is 5.46. The molecule has 0 aliphatic rings. The minimum Gasteiger partial charge on any atom is -0.492 e. The number of amides is 1. The summed E-state index contributed by atoms with van der Waals surface area (Å²) in [6.45, 7) is 2.78. The summed E-state index contributed by atoms with van der Waals surface area (Å²) in [7, 11) is 0. The van der Waals surface area contributed by atoms with E-state index in [0.717, 1.165) is 22.2 Å². The Morgan fingerprint density at radius 3 is 2.80 bits per heavy atom. The lowest BCUT2D eigenvalue weighted by molar-refractivity contribution is -0.123. The SMILES string of the molecule is Cc1cccc(OCCNC(=O)COc2cccc3cccnc23)c1. The molecule has 1 N–H and O–H groups in total. The summed E-state index contributed by atoms with van der Waals surface area (Å²) in [5, 5.41) is 3.76. The van der Waals surface area contributed by atoms with Crippen LogP contribution in [0, 0.1) is 6.92 Å². The molecule has 5 heteroatoms. The molecule has 3 aromatic rings. The zero-order valence-electron chi connectivity index (χ0n) is 14.1. The smallest absolute Gasteiger partial charge is 0.258 e. The van der Waals surface area contributed by atoms with E-state index in [1.807, 2.05) is 61.5 Å². The fourth-order valence-corrected chi connectivity index (χ4v) is 2.45. The van der Waals surface area contributed by atoms with E-state index >= 15 is 0 Å². The molecule has 0 bridgehead atoms. The molecule has 1 heterocycles. The summed E-state index contributed by atoms with van der Waals surface area (Å²) >= 11 is 0. The molecule has 3 rings (SSSR count). The predicted molar refractivity (Wildman–Crippen MR) is 96.9 cm³/mol. The third kappa shape index (κ3) is 4.70. The quantitative estimate of drug-likeness (QED) is 0.674. The third-order valence-electron chi connectivity index (χ3n) is 3.64. The number of benzene rings is 2. The normalized spacial score (nSPS) is 10.4. The van der Waals surface area contributed by atoms with Crippen molar-refractivity contribution in [1.29, 1.82) is 0 Å². The average Bonchev–Trinajstić information content (AvgIpc) is 2.63. The fraction of sp³-hybridized carbons (Fsp3) is 0.200. The van der Waals surface area contributed by atoms with Crippen LogP contribution in [0.15, 0.2) is 60.8 Å². The second kappa shape index (κ2) is 8.15.